The van der Waals surface area contributed by atoms with Gasteiger partial charge in [0.05, 0.1) is 22.0 Å². The lowest BCUT2D eigenvalue weighted by Gasteiger charge is -2.13. The first kappa shape index (κ1) is 27.9. The van der Waals surface area contributed by atoms with Crippen molar-refractivity contribution in [2.24, 2.45) is 5.10 Å². The van der Waals surface area contributed by atoms with Gasteiger partial charge in [0.1, 0.15) is 11.6 Å². The number of carbonyl (C=O) groups excluding carboxylic acids is 1. The molecule has 10 nitrogen and oxygen atoms in total. The molecule has 0 radical (unpaired) electrons. The minimum atomic E-state index is -0.711. The fourth-order valence-electron chi connectivity index (χ4n) is 3.63. The number of hydrogen-bond donors (Lipinski definition) is 1. The van der Waals surface area contributed by atoms with Crippen LogP contribution in [0.15, 0.2) is 69.0 Å². The Labute approximate surface area is 234 Å². The summed E-state index contributed by atoms with van der Waals surface area (Å²) in [6, 6.07) is 12.6. The van der Waals surface area contributed by atoms with Gasteiger partial charge in [0.25, 0.3) is 11.5 Å². The lowest BCUT2D eigenvalue weighted by atomic mass is 10.1. The summed E-state index contributed by atoms with van der Waals surface area (Å²) in [4.78, 5) is 41.3. The molecule has 4 aromatic rings. The molecular formula is C26H20BrClFN5O5. The molecule has 0 atom stereocenters. The van der Waals surface area contributed by atoms with E-state index in [9.17, 15) is 24.1 Å². The van der Waals surface area contributed by atoms with Crippen molar-refractivity contribution >= 4 is 61.9 Å². The topological polar surface area (TPSA) is 129 Å². The monoisotopic (exact) mass is 615 g/mol. The molecule has 200 valence electrons. The molecule has 39 heavy (non-hydrogen) atoms. The number of nitrogens with zero attached hydrogens (tertiary/aromatic N) is 4. The van der Waals surface area contributed by atoms with E-state index in [2.05, 4.69) is 31.3 Å². The van der Waals surface area contributed by atoms with E-state index in [-0.39, 0.29) is 22.3 Å². The first-order valence-corrected chi connectivity index (χ1v) is 12.6. The second kappa shape index (κ2) is 11.7. The number of anilines is 1. The summed E-state index contributed by atoms with van der Waals surface area (Å²) < 4.78 is 20.5. The standard InChI is InChI=1S/C26H20BrClFN5O5/c1-14(2)25-32-21-8-3-16(27)10-20(21)26(36)33(25)30-12-15-9-17(28)11-22(34(37)38)24(15)39-13-23(35)31-19-6-4-18(29)5-7-19/h3-12,14H,13H2,1-2H3,(H,31,35). The Kier molecular flexibility index (Phi) is 8.36. The van der Waals surface area contributed by atoms with Crippen molar-refractivity contribution in [2.45, 2.75) is 19.8 Å². The summed E-state index contributed by atoms with van der Waals surface area (Å²) in [5, 5.41) is 18.9. The Morgan fingerprint density at radius 2 is 1.97 bits per heavy atom. The second-order valence-electron chi connectivity index (χ2n) is 8.59. The summed E-state index contributed by atoms with van der Waals surface area (Å²) in [6.45, 7) is 3.08. The molecule has 0 aliphatic carbocycles. The fourth-order valence-corrected chi connectivity index (χ4v) is 4.21. The number of hydrogen-bond acceptors (Lipinski definition) is 7. The van der Waals surface area contributed by atoms with Crippen LogP contribution in [0.25, 0.3) is 10.9 Å². The molecule has 1 aromatic heterocycles. The number of ether oxygens (including phenoxy) is 1. The van der Waals surface area contributed by atoms with E-state index in [1.54, 1.807) is 18.2 Å². The highest BCUT2D eigenvalue weighted by atomic mass is 79.9. The summed E-state index contributed by atoms with van der Waals surface area (Å²) >= 11 is 9.47. The number of nitro benzene ring substituents is 1. The maximum atomic E-state index is 13.3. The zero-order valence-corrected chi connectivity index (χ0v) is 22.9. The highest BCUT2D eigenvalue weighted by Gasteiger charge is 2.22. The minimum absolute atomic E-state index is 0.0169. The van der Waals surface area contributed by atoms with Crippen molar-refractivity contribution in [3.8, 4) is 5.75 Å². The maximum Gasteiger partial charge on any atom is 0.313 e. The number of nitrogens with one attached hydrogen (secondary N) is 1. The van der Waals surface area contributed by atoms with Crippen LogP contribution in [0.4, 0.5) is 15.8 Å². The molecule has 0 aliphatic rings. The van der Waals surface area contributed by atoms with Crippen molar-refractivity contribution in [3.05, 3.63) is 102 Å². The first-order valence-electron chi connectivity index (χ1n) is 11.5. The van der Waals surface area contributed by atoms with E-state index in [1.165, 1.54) is 36.5 Å². The molecular weight excluding hydrogens is 597 g/mol. The molecule has 4 rings (SSSR count). The van der Waals surface area contributed by atoms with Gasteiger partial charge >= 0.3 is 5.69 Å². The Hall–Kier alpha value is -4.16. The van der Waals surface area contributed by atoms with E-state index >= 15 is 0 Å². The number of rotatable bonds is 8. The summed E-state index contributed by atoms with van der Waals surface area (Å²) in [7, 11) is 0. The van der Waals surface area contributed by atoms with Crippen LogP contribution >= 0.6 is 27.5 Å². The number of halogens is 3. The zero-order valence-electron chi connectivity index (χ0n) is 20.5. The third-order valence-electron chi connectivity index (χ3n) is 5.40. The summed E-state index contributed by atoms with van der Waals surface area (Å²) in [6.07, 6.45) is 1.19. The van der Waals surface area contributed by atoms with Crippen LogP contribution in [0.1, 0.15) is 31.2 Å². The van der Waals surface area contributed by atoms with Gasteiger partial charge < -0.3 is 10.1 Å². The average molecular weight is 617 g/mol. The maximum absolute atomic E-state index is 13.3. The molecule has 0 aliphatic heterocycles. The Morgan fingerprint density at radius 3 is 2.64 bits per heavy atom. The van der Waals surface area contributed by atoms with Gasteiger partial charge in [-0.05, 0) is 48.5 Å². The predicted molar refractivity (Wildman–Crippen MR) is 149 cm³/mol. The lowest BCUT2D eigenvalue weighted by Crippen LogP contribution is -2.23. The van der Waals surface area contributed by atoms with Crippen molar-refractivity contribution in [3.63, 3.8) is 0 Å². The Morgan fingerprint density at radius 1 is 1.26 bits per heavy atom. The predicted octanol–water partition coefficient (Wildman–Crippen LogP) is 5.88. The molecule has 0 saturated heterocycles. The molecule has 0 bridgehead atoms. The third-order valence-corrected chi connectivity index (χ3v) is 6.11. The first-order chi connectivity index (χ1) is 18.5. The van der Waals surface area contributed by atoms with E-state index in [0.717, 1.165) is 10.7 Å². The van der Waals surface area contributed by atoms with E-state index in [4.69, 9.17) is 16.3 Å². The smallest absolute Gasteiger partial charge is 0.313 e. The number of nitro groups is 1. The number of aromatic nitrogens is 2. The molecule has 0 unspecified atom stereocenters. The molecule has 0 fully saturated rings. The fraction of sp³-hybridized carbons (Fsp3) is 0.154. The van der Waals surface area contributed by atoms with E-state index < -0.39 is 34.5 Å². The van der Waals surface area contributed by atoms with Gasteiger partial charge in [0, 0.05) is 32.7 Å². The average Bonchev–Trinajstić information content (AvgIpc) is 2.88. The van der Waals surface area contributed by atoms with Crippen LogP contribution in [0, 0.1) is 15.9 Å². The van der Waals surface area contributed by atoms with Crippen LogP contribution in [-0.4, -0.2) is 33.3 Å². The van der Waals surface area contributed by atoms with Crippen LogP contribution in [0.5, 0.6) is 5.75 Å². The molecule has 13 heteroatoms. The lowest BCUT2D eigenvalue weighted by molar-refractivity contribution is -0.385. The van der Waals surface area contributed by atoms with Gasteiger partial charge in [0.2, 0.25) is 5.75 Å². The molecule has 1 amide bonds. The van der Waals surface area contributed by atoms with Crippen molar-refractivity contribution < 1.29 is 18.8 Å². The molecule has 0 saturated carbocycles. The Bertz CT molecular complexity index is 1670. The number of benzene rings is 3. The van der Waals surface area contributed by atoms with Crippen LogP contribution in [-0.2, 0) is 4.79 Å². The second-order valence-corrected chi connectivity index (χ2v) is 9.94. The number of amides is 1. The largest absolute Gasteiger partial charge is 0.476 e. The van der Waals surface area contributed by atoms with Crippen molar-refractivity contribution in [1.29, 1.82) is 0 Å². The Balaban J connectivity index is 1.72. The molecule has 3 aromatic carbocycles. The molecule has 1 heterocycles. The summed E-state index contributed by atoms with van der Waals surface area (Å²) in [5.74, 6) is -1.22. The number of carbonyl (C=O) groups is 1. The van der Waals surface area contributed by atoms with E-state index in [0.29, 0.717) is 26.9 Å². The van der Waals surface area contributed by atoms with E-state index in [1.807, 2.05) is 13.8 Å². The zero-order chi connectivity index (χ0) is 28.3. The van der Waals surface area contributed by atoms with Gasteiger partial charge in [-0.1, -0.05) is 41.4 Å². The normalized spacial score (nSPS) is 11.3. The van der Waals surface area contributed by atoms with Gasteiger partial charge in [0.15, 0.2) is 6.61 Å². The van der Waals surface area contributed by atoms with Crippen LogP contribution in [0.3, 0.4) is 0 Å². The van der Waals surface area contributed by atoms with Gasteiger partial charge in [-0.2, -0.15) is 9.78 Å². The minimum Gasteiger partial charge on any atom is -0.476 e. The highest BCUT2D eigenvalue weighted by Crippen LogP contribution is 2.34. The van der Waals surface area contributed by atoms with Crippen LogP contribution < -0.4 is 15.6 Å². The summed E-state index contributed by atoms with van der Waals surface area (Å²) in [5.41, 5.74) is -0.0875. The molecule has 0 spiro atoms. The van der Waals surface area contributed by atoms with Gasteiger partial charge in [-0.3, -0.25) is 19.7 Å². The third kappa shape index (κ3) is 6.47. The van der Waals surface area contributed by atoms with Crippen molar-refractivity contribution in [1.82, 2.24) is 9.66 Å². The SMILES string of the molecule is CC(C)c1nc2ccc(Br)cc2c(=O)n1N=Cc1cc(Cl)cc([N+](=O)[O-])c1OCC(=O)Nc1ccc(F)cc1. The van der Waals surface area contributed by atoms with Gasteiger partial charge in [-0.25, -0.2) is 9.37 Å². The van der Waals surface area contributed by atoms with Gasteiger partial charge in [-0.15, -0.1) is 0 Å². The number of fused-ring (bicyclic) bond motifs is 1. The van der Waals surface area contributed by atoms with Crippen molar-refractivity contribution in [2.75, 3.05) is 11.9 Å². The van der Waals surface area contributed by atoms with Crippen LogP contribution in [0.2, 0.25) is 5.02 Å². The highest BCUT2D eigenvalue weighted by molar-refractivity contribution is 9.10. The quantitative estimate of drug-likeness (QED) is 0.150. The molecule has 1 N–H and O–H groups in total.